The summed E-state index contributed by atoms with van der Waals surface area (Å²) in [5.41, 5.74) is 2.55. The van der Waals surface area contributed by atoms with Crippen LogP contribution in [-0.2, 0) is 19.3 Å². The number of ether oxygens (including phenoxy) is 2. The van der Waals surface area contributed by atoms with Gasteiger partial charge in [0, 0.05) is 60.4 Å². The number of hydrogen-bond donors (Lipinski definition) is 0. The molecule has 0 aliphatic carbocycles. The first kappa shape index (κ1) is 22.5. The number of aromatic nitrogens is 3. The maximum Gasteiger partial charge on any atom is 0.416 e. The Morgan fingerprint density at radius 2 is 1.91 bits per heavy atom. The Hall–Kier alpha value is -3.30. The van der Waals surface area contributed by atoms with E-state index in [-0.39, 0.29) is 0 Å². The van der Waals surface area contributed by atoms with Gasteiger partial charge in [0.2, 0.25) is 0 Å². The second-order valence-corrected chi connectivity index (χ2v) is 8.42. The molecule has 0 amide bonds. The predicted molar refractivity (Wildman–Crippen MR) is 121 cm³/mol. The first-order valence-corrected chi connectivity index (χ1v) is 10.9. The molecular formula is C24H20ClF3N4O2. The lowest BCUT2D eigenvalue weighted by Gasteiger charge is -2.19. The average Bonchev–Trinajstić information content (AvgIpc) is 3.13. The molecule has 34 heavy (non-hydrogen) atoms. The molecule has 4 aromatic rings. The van der Waals surface area contributed by atoms with Crippen molar-refractivity contribution in [2.45, 2.75) is 19.3 Å². The maximum atomic E-state index is 13.1. The van der Waals surface area contributed by atoms with Gasteiger partial charge in [-0.05, 0) is 36.4 Å². The highest BCUT2D eigenvalue weighted by Gasteiger charge is 2.30. The van der Waals surface area contributed by atoms with Crippen LogP contribution in [0, 0.1) is 0 Å². The normalized spacial score (nSPS) is 14.5. The first-order valence-electron chi connectivity index (χ1n) is 10.5. The molecule has 2 aromatic heterocycles. The van der Waals surface area contributed by atoms with Crippen LogP contribution >= 0.6 is 11.6 Å². The summed E-state index contributed by atoms with van der Waals surface area (Å²) in [6, 6.07) is 9.42. The quantitative estimate of drug-likeness (QED) is 0.380. The molecule has 0 saturated carbocycles. The highest BCUT2D eigenvalue weighted by molar-refractivity contribution is 6.32. The van der Waals surface area contributed by atoms with Crippen molar-refractivity contribution >= 4 is 22.5 Å². The number of fused-ring (bicyclic) bond motifs is 2. The number of rotatable bonds is 4. The summed E-state index contributed by atoms with van der Waals surface area (Å²) in [6.07, 6.45) is 0.804. The molecule has 0 N–H and O–H groups in total. The monoisotopic (exact) mass is 488 g/mol. The van der Waals surface area contributed by atoms with E-state index in [0.29, 0.717) is 53.9 Å². The van der Waals surface area contributed by atoms with Crippen LogP contribution in [0.2, 0.25) is 5.02 Å². The standard InChI is InChI=1S/C24H20ClF3N4O2/c1-33-23-29-11-15(12-30-23)13-31-6-7-34-22-17(14-31)9-19(10-20(22)25)32-5-4-16-8-18(24(26,27)28)2-3-21(16)32/h2-5,8-12H,6-7,13-14H2,1H3. The van der Waals surface area contributed by atoms with Crippen LogP contribution in [0.5, 0.6) is 11.8 Å². The third-order valence-corrected chi connectivity index (χ3v) is 6.00. The van der Waals surface area contributed by atoms with Crippen LogP contribution in [0.15, 0.2) is 55.0 Å². The number of nitrogens with zero attached hydrogens (tertiary/aromatic N) is 4. The van der Waals surface area contributed by atoms with Crippen LogP contribution in [0.1, 0.15) is 16.7 Å². The molecule has 0 bridgehead atoms. The topological polar surface area (TPSA) is 52.4 Å². The SMILES string of the molecule is COc1ncc(CN2CCOc3c(Cl)cc(-n4ccc5cc(C(F)(F)F)ccc54)cc3C2)cn1. The third-order valence-electron chi connectivity index (χ3n) is 5.72. The summed E-state index contributed by atoms with van der Waals surface area (Å²) in [7, 11) is 1.52. The van der Waals surface area contributed by atoms with Gasteiger partial charge in [0.25, 0.3) is 0 Å². The molecule has 176 valence electrons. The number of benzene rings is 2. The fourth-order valence-corrected chi connectivity index (χ4v) is 4.40. The number of halogens is 4. The summed E-state index contributed by atoms with van der Waals surface area (Å²) in [6.45, 7) is 2.34. The summed E-state index contributed by atoms with van der Waals surface area (Å²) >= 11 is 6.57. The van der Waals surface area contributed by atoms with E-state index in [1.807, 2.05) is 10.6 Å². The van der Waals surface area contributed by atoms with Gasteiger partial charge in [0.05, 0.1) is 23.2 Å². The van der Waals surface area contributed by atoms with Gasteiger partial charge in [-0.1, -0.05) is 11.6 Å². The van der Waals surface area contributed by atoms with Gasteiger partial charge in [-0.3, -0.25) is 4.90 Å². The van der Waals surface area contributed by atoms with E-state index in [1.165, 1.54) is 13.2 Å². The maximum absolute atomic E-state index is 13.1. The van der Waals surface area contributed by atoms with Crippen molar-refractivity contribution < 1.29 is 22.6 Å². The number of methoxy groups -OCH3 is 1. The van der Waals surface area contributed by atoms with Gasteiger partial charge < -0.3 is 14.0 Å². The van der Waals surface area contributed by atoms with Crippen molar-refractivity contribution in [3.8, 4) is 17.4 Å². The highest BCUT2D eigenvalue weighted by Crippen LogP contribution is 2.36. The van der Waals surface area contributed by atoms with Gasteiger partial charge in [-0.2, -0.15) is 13.2 Å². The van der Waals surface area contributed by atoms with Crippen molar-refractivity contribution in [3.05, 3.63) is 76.7 Å². The summed E-state index contributed by atoms with van der Waals surface area (Å²) < 4.78 is 52.1. The van der Waals surface area contributed by atoms with Crippen molar-refractivity contribution in [3.63, 3.8) is 0 Å². The van der Waals surface area contributed by atoms with E-state index in [4.69, 9.17) is 21.1 Å². The van der Waals surface area contributed by atoms with Crippen LogP contribution in [0.3, 0.4) is 0 Å². The molecule has 5 rings (SSSR count). The fraction of sp³-hybridized carbons (Fsp3) is 0.250. The Morgan fingerprint density at radius 3 is 2.65 bits per heavy atom. The van der Waals surface area contributed by atoms with Gasteiger partial charge in [0.1, 0.15) is 12.4 Å². The van der Waals surface area contributed by atoms with E-state index >= 15 is 0 Å². The molecule has 1 aliphatic heterocycles. The van der Waals surface area contributed by atoms with E-state index in [1.54, 1.807) is 30.7 Å². The third kappa shape index (κ3) is 4.41. The number of alkyl halides is 3. The molecule has 2 aromatic carbocycles. The van der Waals surface area contributed by atoms with Crippen LogP contribution in [0.25, 0.3) is 16.6 Å². The minimum Gasteiger partial charge on any atom is -0.490 e. The molecule has 0 unspecified atom stereocenters. The van der Waals surface area contributed by atoms with E-state index in [2.05, 4.69) is 14.9 Å². The molecule has 1 aliphatic rings. The van der Waals surface area contributed by atoms with Gasteiger partial charge in [0.15, 0.2) is 0 Å². The molecule has 0 atom stereocenters. The zero-order chi connectivity index (χ0) is 23.9. The molecular weight excluding hydrogens is 469 g/mol. The minimum absolute atomic E-state index is 0.311. The van der Waals surface area contributed by atoms with Crippen LogP contribution in [-0.4, -0.2) is 39.7 Å². The average molecular weight is 489 g/mol. The summed E-state index contributed by atoms with van der Waals surface area (Å²) in [4.78, 5) is 10.5. The molecule has 3 heterocycles. The summed E-state index contributed by atoms with van der Waals surface area (Å²) in [5.74, 6) is 0.620. The Morgan fingerprint density at radius 1 is 1.12 bits per heavy atom. The second-order valence-electron chi connectivity index (χ2n) is 8.01. The molecule has 0 saturated heterocycles. The Balaban J connectivity index is 1.46. The summed E-state index contributed by atoms with van der Waals surface area (Å²) in [5, 5.41) is 0.953. The zero-order valence-electron chi connectivity index (χ0n) is 18.1. The molecule has 0 radical (unpaired) electrons. The van der Waals surface area contributed by atoms with Crippen LogP contribution in [0.4, 0.5) is 13.2 Å². The van der Waals surface area contributed by atoms with Crippen molar-refractivity contribution in [2.75, 3.05) is 20.3 Å². The largest absolute Gasteiger partial charge is 0.490 e. The minimum atomic E-state index is -4.39. The molecule has 10 heteroatoms. The van der Waals surface area contributed by atoms with Gasteiger partial charge in [-0.25, -0.2) is 9.97 Å². The molecule has 0 fully saturated rings. The van der Waals surface area contributed by atoms with E-state index < -0.39 is 11.7 Å². The smallest absolute Gasteiger partial charge is 0.416 e. The van der Waals surface area contributed by atoms with Gasteiger partial charge >= 0.3 is 12.2 Å². The Kier molecular flexibility index (Phi) is 5.83. The van der Waals surface area contributed by atoms with E-state index in [9.17, 15) is 13.2 Å². The number of hydrogen-bond acceptors (Lipinski definition) is 5. The lowest BCUT2D eigenvalue weighted by atomic mass is 10.1. The molecule has 0 spiro atoms. The lowest BCUT2D eigenvalue weighted by molar-refractivity contribution is -0.137. The van der Waals surface area contributed by atoms with Crippen molar-refractivity contribution in [1.29, 1.82) is 0 Å². The highest BCUT2D eigenvalue weighted by atomic mass is 35.5. The Labute approximate surface area is 198 Å². The fourth-order valence-electron chi connectivity index (χ4n) is 4.12. The lowest BCUT2D eigenvalue weighted by Crippen LogP contribution is -2.25. The Bertz CT molecular complexity index is 1340. The molecule has 6 nitrogen and oxygen atoms in total. The van der Waals surface area contributed by atoms with E-state index in [0.717, 1.165) is 28.9 Å². The van der Waals surface area contributed by atoms with Crippen molar-refractivity contribution in [1.82, 2.24) is 19.4 Å². The zero-order valence-corrected chi connectivity index (χ0v) is 18.9. The first-order chi connectivity index (χ1) is 16.3. The predicted octanol–water partition coefficient (Wildman–Crippen LogP) is 5.50. The van der Waals surface area contributed by atoms with Crippen LogP contribution < -0.4 is 9.47 Å². The second kappa shape index (κ2) is 8.81. The van der Waals surface area contributed by atoms with Gasteiger partial charge in [-0.15, -0.1) is 0 Å². The van der Waals surface area contributed by atoms with Crippen molar-refractivity contribution in [2.24, 2.45) is 0 Å².